The molecule has 5 aromatic rings. The van der Waals surface area contributed by atoms with E-state index in [9.17, 15) is 9.59 Å². The number of aromatic nitrogens is 7. The first-order valence-corrected chi connectivity index (χ1v) is 11.9. The van der Waals surface area contributed by atoms with E-state index in [4.69, 9.17) is 0 Å². The van der Waals surface area contributed by atoms with Gasteiger partial charge in [-0.1, -0.05) is 59.9 Å². The Morgan fingerprint density at radius 1 is 1.09 bits per heavy atom. The average Bonchev–Trinajstić information content (AvgIpc) is 3.35. The van der Waals surface area contributed by atoms with Crippen LogP contribution in [0, 0.1) is 6.92 Å². The van der Waals surface area contributed by atoms with Gasteiger partial charge in [-0.2, -0.15) is 9.61 Å². The van der Waals surface area contributed by atoms with Crippen LogP contribution in [0.2, 0.25) is 0 Å². The Morgan fingerprint density at radius 3 is 2.69 bits per heavy atom. The molecule has 0 spiro atoms. The summed E-state index contributed by atoms with van der Waals surface area (Å²) in [5.74, 6) is 0.938. The molecule has 9 nitrogen and oxygen atoms in total. The predicted octanol–water partition coefficient (Wildman–Crippen LogP) is 3.10. The van der Waals surface area contributed by atoms with E-state index in [0.717, 1.165) is 29.0 Å². The van der Waals surface area contributed by atoms with Gasteiger partial charge in [-0.15, -0.1) is 0 Å². The van der Waals surface area contributed by atoms with Crippen LogP contribution in [0.3, 0.4) is 0 Å². The Bertz CT molecular complexity index is 1550. The molecule has 0 saturated heterocycles. The number of hydrogen-bond acceptors (Lipinski definition) is 8. The maximum atomic E-state index is 12.5. The smallest absolute Gasteiger partial charge is 0.268 e. The van der Waals surface area contributed by atoms with Crippen molar-refractivity contribution in [3.8, 4) is 11.4 Å². The highest BCUT2D eigenvalue weighted by Gasteiger charge is 2.14. The summed E-state index contributed by atoms with van der Waals surface area (Å²) in [6.45, 7) is 4.09. The Morgan fingerprint density at radius 2 is 1.91 bits per heavy atom. The first kappa shape index (κ1) is 20.6. The monoisotopic (exact) mass is 465 g/mol. The van der Waals surface area contributed by atoms with Crippen LogP contribution in [0.4, 0.5) is 0 Å². The highest BCUT2D eigenvalue weighted by Crippen LogP contribution is 2.24. The molecule has 0 unspecified atom stereocenters. The van der Waals surface area contributed by atoms with Crippen molar-refractivity contribution in [1.82, 2.24) is 34.2 Å². The summed E-state index contributed by atoms with van der Waals surface area (Å²) in [6.07, 6.45) is 1.78. The summed E-state index contributed by atoms with van der Waals surface area (Å²) in [4.78, 5) is 38.8. The summed E-state index contributed by atoms with van der Waals surface area (Å²) in [5.41, 5.74) is 2.66. The lowest BCUT2D eigenvalue weighted by molar-refractivity contribution is 0.766. The molecule has 0 aliphatic rings. The van der Waals surface area contributed by atoms with E-state index in [0.29, 0.717) is 33.0 Å². The molecule has 0 aliphatic carbocycles. The third-order valence-electron chi connectivity index (χ3n) is 4.79. The van der Waals surface area contributed by atoms with Crippen LogP contribution >= 0.6 is 23.1 Å². The number of nitrogens with one attached hydrogen (secondary N) is 1. The second-order valence-corrected chi connectivity index (χ2v) is 9.31. The lowest BCUT2D eigenvalue weighted by Crippen LogP contribution is -2.15. The molecular formula is C21H19N7O2S2. The van der Waals surface area contributed by atoms with E-state index in [1.807, 2.05) is 31.2 Å². The number of aromatic amines is 1. The predicted molar refractivity (Wildman–Crippen MR) is 124 cm³/mol. The molecular weight excluding hydrogens is 446 g/mol. The average molecular weight is 466 g/mol. The van der Waals surface area contributed by atoms with E-state index in [1.165, 1.54) is 39.7 Å². The first-order chi connectivity index (χ1) is 15.5. The lowest BCUT2D eigenvalue weighted by atomic mass is 10.1. The fourth-order valence-electron chi connectivity index (χ4n) is 3.24. The molecule has 162 valence electrons. The molecule has 0 fully saturated rings. The van der Waals surface area contributed by atoms with Gasteiger partial charge in [0.15, 0.2) is 16.6 Å². The fraction of sp³-hybridized carbons (Fsp3) is 0.238. The molecule has 0 atom stereocenters. The molecule has 32 heavy (non-hydrogen) atoms. The highest BCUT2D eigenvalue weighted by atomic mass is 32.2. The van der Waals surface area contributed by atoms with Gasteiger partial charge in [0, 0.05) is 29.9 Å². The van der Waals surface area contributed by atoms with Gasteiger partial charge in [-0.05, 0) is 13.3 Å². The van der Waals surface area contributed by atoms with Gasteiger partial charge in [0.25, 0.3) is 11.1 Å². The van der Waals surface area contributed by atoms with E-state index >= 15 is 0 Å². The number of nitrogens with zero attached hydrogens (tertiary/aromatic N) is 6. The molecule has 0 aliphatic heterocycles. The summed E-state index contributed by atoms with van der Waals surface area (Å²) in [6, 6.07) is 10.8. The second kappa shape index (κ2) is 8.32. The van der Waals surface area contributed by atoms with E-state index in [-0.39, 0.29) is 11.1 Å². The van der Waals surface area contributed by atoms with Gasteiger partial charge in [0.1, 0.15) is 5.01 Å². The third kappa shape index (κ3) is 3.96. The normalized spacial score (nSPS) is 11.6. The summed E-state index contributed by atoms with van der Waals surface area (Å²) in [7, 11) is 0. The number of hydrogen-bond donors (Lipinski definition) is 1. The number of thioether (sulfide) groups is 1. The number of H-pyrrole nitrogens is 1. The molecule has 1 aromatic carbocycles. The van der Waals surface area contributed by atoms with E-state index in [1.54, 1.807) is 4.52 Å². The summed E-state index contributed by atoms with van der Waals surface area (Å²) >= 11 is 2.81. The molecule has 0 amide bonds. The van der Waals surface area contributed by atoms with Crippen molar-refractivity contribution in [3.05, 3.63) is 73.4 Å². The lowest BCUT2D eigenvalue weighted by Gasteiger charge is -2.07. The Balaban J connectivity index is 1.50. The fourth-order valence-corrected chi connectivity index (χ4v) is 5.10. The van der Waals surface area contributed by atoms with Gasteiger partial charge in [0.2, 0.25) is 4.96 Å². The van der Waals surface area contributed by atoms with Crippen molar-refractivity contribution in [1.29, 1.82) is 0 Å². The summed E-state index contributed by atoms with van der Waals surface area (Å²) in [5, 5.41) is 8.53. The van der Waals surface area contributed by atoms with Gasteiger partial charge in [-0.25, -0.2) is 19.5 Å². The van der Waals surface area contributed by atoms with Crippen LogP contribution < -0.4 is 11.1 Å². The zero-order valence-corrected chi connectivity index (χ0v) is 19.0. The SMILES string of the molecule is CCCc1nn2c(=O)cc(CSc3nc(-c4ccc(C)cc4)nc4cc(=O)[nH]n34)nc2s1. The Labute approximate surface area is 190 Å². The van der Waals surface area contributed by atoms with Crippen molar-refractivity contribution in [2.24, 2.45) is 0 Å². The van der Waals surface area contributed by atoms with Crippen LogP contribution in [0.25, 0.3) is 22.0 Å². The Kier molecular flexibility index (Phi) is 5.35. The van der Waals surface area contributed by atoms with Crippen molar-refractivity contribution in [3.63, 3.8) is 0 Å². The largest absolute Gasteiger partial charge is 0.275 e. The molecule has 5 rings (SSSR count). The molecule has 0 radical (unpaired) electrons. The van der Waals surface area contributed by atoms with Crippen LogP contribution in [0.5, 0.6) is 0 Å². The highest BCUT2D eigenvalue weighted by molar-refractivity contribution is 7.98. The molecule has 1 N–H and O–H groups in total. The quantitative estimate of drug-likeness (QED) is 0.384. The van der Waals surface area contributed by atoms with Gasteiger partial charge in [-0.3, -0.25) is 14.7 Å². The standard InChI is InChI=1S/C21H19N7O2S2/c1-3-4-17-26-28-18(30)9-14(22-21(28)32-17)11-31-20-24-19(13-7-5-12(2)6-8-13)23-15-10-16(29)25-27(15)20/h5-10H,3-4,11H2,1-2H3,(H,25,29). The Hall–Kier alpha value is -3.31. The number of aryl methyl sites for hydroxylation is 2. The molecule has 0 bridgehead atoms. The van der Waals surface area contributed by atoms with Crippen molar-refractivity contribution < 1.29 is 0 Å². The summed E-state index contributed by atoms with van der Waals surface area (Å²) < 4.78 is 2.91. The van der Waals surface area contributed by atoms with Gasteiger partial charge < -0.3 is 0 Å². The van der Waals surface area contributed by atoms with Gasteiger partial charge >= 0.3 is 0 Å². The number of rotatable bonds is 6. The number of benzene rings is 1. The third-order valence-corrected chi connectivity index (χ3v) is 6.73. The maximum Gasteiger partial charge on any atom is 0.275 e. The molecule has 0 saturated carbocycles. The van der Waals surface area contributed by atoms with E-state index in [2.05, 4.69) is 32.1 Å². The van der Waals surface area contributed by atoms with Crippen molar-refractivity contribution in [2.45, 2.75) is 37.6 Å². The molecule has 11 heteroatoms. The molecule has 4 aromatic heterocycles. The molecule has 4 heterocycles. The zero-order valence-electron chi connectivity index (χ0n) is 17.4. The van der Waals surface area contributed by atoms with Crippen molar-refractivity contribution >= 4 is 33.7 Å². The number of fused-ring (bicyclic) bond motifs is 2. The minimum Gasteiger partial charge on any atom is -0.268 e. The van der Waals surface area contributed by atoms with Crippen LogP contribution in [0.1, 0.15) is 29.6 Å². The maximum absolute atomic E-state index is 12.5. The minimum atomic E-state index is -0.256. The van der Waals surface area contributed by atoms with Gasteiger partial charge in [0.05, 0.1) is 5.69 Å². The van der Waals surface area contributed by atoms with E-state index < -0.39 is 0 Å². The zero-order chi connectivity index (χ0) is 22.2. The minimum absolute atomic E-state index is 0.202. The first-order valence-electron chi connectivity index (χ1n) is 10.1. The topological polar surface area (TPSA) is 110 Å². The second-order valence-electron chi connectivity index (χ2n) is 7.32. The van der Waals surface area contributed by atoms with Crippen LogP contribution in [-0.4, -0.2) is 34.2 Å². The van der Waals surface area contributed by atoms with Crippen molar-refractivity contribution in [2.75, 3.05) is 0 Å². The van der Waals surface area contributed by atoms with Crippen LogP contribution in [0.15, 0.2) is 51.1 Å². The van der Waals surface area contributed by atoms with Crippen LogP contribution in [-0.2, 0) is 12.2 Å².